The Morgan fingerprint density at radius 3 is 2.59 bits per heavy atom. The fourth-order valence-corrected chi connectivity index (χ4v) is 2.44. The standard InChI is InChI=1S/C19H22N2O/c1-12(2)11-22-18-8-6-5-7-15(18)19-20-16-9-13(3)14(4)10-17(16)21-19/h5-10,12H,11H2,1-4H3,(H,20,21). The maximum absolute atomic E-state index is 5.94. The van der Waals surface area contributed by atoms with E-state index in [4.69, 9.17) is 9.72 Å². The molecule has 0 amide bonds. The van der Waals surface area contributed by atoms with E-state index >= 15 is 0 Å². The summed E-state index contributed by atoms with van der Waals surface area (Å²) in [6.07, 6.45) is 0. The third kappa shape index (κ3) is 2.84. The Morgan fingerprint density at radius 1 is 1.09 bits per heavy atom. The Hall–Kier alpha value is -2.29. The summed E-state index contributed by atoms with van der Waals surface area (Å²) in [5.41, 5.74) is 5.60. The molecule has 0 aliphatic rings. The Bertz CT molecular complexity index is 763. The van der Waals surface area contributed by atoms with Crippen molar-refractivity contribution in [1.82, 2.24) is 9.97 Å². The molecule has 0 bridgehead atoms. The zero-order valence-electron chi connectivity index (χ0n) is 13.6. The summed E-state index contributed by atoms with van der Waals surface area (Å²) in [5, 5.41) is 0. The molecule has 3 aromatic rings. The number of para-hydroxylation sites is 1. The number of ether oxygens (including phenoxy) is 1. The molecule has 22 heavy (non-hydrogen) atoms. The number of hydrogen-bond donors (Lipinski definition) is 1. The van der Waals surface area contributed by atoms with Crippen molar-refractivity contribution in [2.75, 3.05) is 6.61 Å². The van der Waals surface area contributed by atoms with Crippen molar-refractivity contribution in [3.8, 4) is 17.1 Å². The molecule has 0 atom stereocenters. The molecular weight excluding hydrogens is 272 g/mol. The van der Waals surface area contributed by atoms with Crippen LogP contribution in [0.15, 0.2) is 36.4 Å². The van der Waals surface area contributed by atoms with Gasteiger partial charge in [0, 0.05) is 0 Å². The summed E-state index contributed by atoms with van der Waals surface area (Å²) >= 11 is 0. The second-order valence-electron chi connectivity index (χ2n) is 6.24. The van der Waals surface area contributed by atoms with E-state index in [2.05, 4.69) is 44.8 Å². The molecule has 3 heteroatoms. The lowest BCUT2D eigenvalue weighted by atomic mass is 10.1. The molecule has 0 unspecified atom stereocenters. The lowest BCUT2D eigenvalue weighted by Gasteiger charge is -2.11. The maximum atomic E-state index is 5.94. The van der Waals surface area contributed by atoms with Crippen LogP contribution in [0.1, 0.15) is 25.0 Å². The highest BCUT2D eigenvalue weighted by Crippen LogP contribution is 2.30. The van der Waals surface area contributed by atoms with Crippen LogP contribution < -0.4 is 4.74 Å². The fraction of sp³-hybridized carbons (Fsp3) is 0.316. The SMILES string of the molecule is Cc1cc2nc(-c3ccccc3OCC(C)C)[nH]c2cc1C. The van der Waals surface area contributed by atoms with Gasteiger partial charge in [0.2, 0.25) is 0 Å². The van der Waals surface area contributed by atoms with E-state index in [1.54, 1.807) is 0 Å². The molecule has 1 heterocycles. The maximum Gasteiger partial charge on any atom is 0.142 e. The highest BCUT2D eigenvalue weighted by atomic mass is 16.5. The van der Waals surface area contributed by atoms with Crippen molar-refractivity contribution in [3.63, 3.8) is 0 Å². The van der Waals surface area contributed by atoms with Crippen LogP contribution in [-0.4, -0.2) is 16.6 Å². The number of nitrogens with one attached hydrogen (secondary N) is 1. The van der Waals surface area contributed by atoms with E-state index in [-0.39, 0.29) is 0 Å². The molecule has 0 saturated carbocycles. The van der Waals surface area contributed by atoms with E-state index < -0.39 is 0 Å². The first-order valence-electron chi connectivity index (χ1n) is 7.74. The van der Waals surface area contributed by atoms with Crippen molar-refractivity contribution >= 4 is 11.0 Å². The van der Waals surface area contributed by atoms with Gasteiger partial charge in [0.15, 0.2) is 0 Å². The Kier molecular flexibility index (Phi) is 3.88. The van der Waals surface area contributed by atoms with Gasteiger partial charge in [0.05, 0.1) is 23.2 Å². The summed E-state index contributed by atoms with van der Waals surface area (Å²) in [7, 11) is 0. The molecule has 0 aliphatic heterocycles. The van der Waals surface area contributed by atoms with Gasteiger partial charge in [0.25, 0.3) is 0 Å². The number of aryl methyl sites for hydroxylation is 2. The molecule has 3 nitrogen and oxygen atoms in total. The number of benzene rings is 2. The summed E-state index contributed by atoms with van der Waals surface area (Å²) in [5.74, 6) is 2.23. The second-order valence-corrected chi connectivity index (χ2v) is 6.24. The van der Waals surface area contributed by atoms with E-state index in [1.807, 2.05) is 24.3 Å². The van der Waals surface area contributed by atoms with E-state index in [0.29, 0.717) is 12.5 Å². The van der Waals surface area contributed by atoms with Crippen LogP contribution in [0.3, 0.4) is 0 Å². The van der Waals surface area contributed by atoms with Crippen LogP contribution in [0.4, 0.5) is 0 Å². The predicted octanol–water partition coefficient (Wildman–Crippen LogP) is 4.88. The third-order valence-corrected chi connectivity index (χ3v) is 3.81. The van der Waals surface area contributed by atoms with Crippen molar-refractivity contribution in [3.05, 3.63) is 47.5 Å². The molecule has 2 aromatic carbocycles. The molecule has 114 valence electrons. The van der Waals surface area contributed by atoms with Crippen LogP contribution in [0.25, 0.3) is 22.4 Å². The number of fused-ring (bicyclic) bond motifs is 1. The van der Waals surface area contributed by atoms with Crippen molar-refractivity contribution in [1.29, 1.82) is 0 Å². The number of aromatic amines is 1. The molecule has 0 saturated heterocycles. The smallest absolute Gasteiger partial charge is 0.142 e. The van der Waals surface area contributed by atoms with Gasteiger partial charge in [0.1, 0.15) is 11.6 Å². The van der Waals surface area contributed by atoms with E-state index in [9.17, 15) is 0 Å². The van der Waals surface area contributed by atoms with Gasteiger partial charge in [-0.2, -0.15) is 0 Å². The highest BCUT2D eigenvalue weighted by molar-refractivity contribution is 5.82. The van der Waals surface area contributed by atoms with Gasteiger partial charge in [-0.15, -0.1) is 0 Å². The van der Waals surface area contributed by atoms with E-state index in [0.717, 1.165) is 28.2 Å². The third-order valence-electron chi connectivity index (χ3n) is 3.81. The largest absolute Gasteiger partial charge is 0.493 e. The first-order chi connectivity index (χ1) is 10.5. The van der Waals surface area contributed by atoms with Crippen molar-refractivity contribution in [2.24, 2.45) is 5.92 Å². The molecule has 1 N–H and O–H groups in total. The van der Waals surface area contributed by atoms with Crippen molar-refractivity contribution < 1.29 is 4.74 Å². The number of imidazole rings is 1. The highest BCUT2D eigenvalue weighted by Gasteiger charge is 2.11. The molecule has 0 fully saturated rings. The Balaban J connectivity index is 2.04. The lowest BCUT2D eigenvalue weighted by Crippen LogP contribution is -2.05. The van der Waals surface area contributed by atoms with Gasteiger partial charge in [-0.1, -0.05) is 26.0 Å². The van der Waals surface area contributed by atoms with Crippen molar-refractivity contribution in [2.45, 2.75) is 27.7 Å². The average molecular weight is 294 g/mol. The van der Waals surface area contributed by atoms with Crippen LogP contribution in [0, 0.1) is 19.8 Å². The minimum absolute atomic E-state index is 0.494. The number of aromatic nitrogens is 2. The number of hydrogen-bond acceptors (Lipinski definition) is 2. The van der Waals surface area contributed by atoms with E-state index in [1.165, 1.54) is 11.1 Å². The normalized spacial score (nSPS) is 11.3. The number of H-pyrrole nitrogens is 1. The number of rotatable bonds is 4. The van der Waals surface area contributed by atoms with Crippen LogP contribution in [0.2, 0.25) is 0 Å². The Labute approximate surface area is 131 Å². The van der Waals surface area contributed by atoms with Gasteiger partial charge in [-0.05, 0) is 55.2 Å². The van der Waals surface area contributed by atoms with Gasteiger partial charge in [-0.25, -0.2) is 4.98 Å². The van der Waals surface area contributed by atoms with Gasteiger partial charge < -0.3 is 9.72 Å². The minimum atomic E-state index is 0.494. The zero-order valence-corrected chi connectivity index (χ0v) is 13.6. The number of nitrogens with zero attached hydrogens (tertiary/aromatic N) is 1. The second kappa shape index (κ2) is 5.84. The van der Waals surface area contributed by atoms with Gasteiger partial charge >= 0.3 is 0 Å². The molecule has 3 rings (SSSR count). The average Bonchev–Trinajstić information content (AvgIpc) is 2.88. The lowest BCUT2D eigenvalue weighted by molar-refractivity contribution is 0.272. The minimum Gasteiger partial charge on any atom is -0.493 e. The summed E-state index contributed by atoms with van der Waals surface area (Å²) in [4.78, 5) is 8.15. The monoisotopic (exact) mass is 294 g/mol. The molecule has 0 spiro atoms. The van der Waals surface area contributed by atoms with Crippen LogP contribution >= 0.6 is 0 Å². The summed E-state index contributed by atoms with van der Waals surface area (Å²) in [6, 6.07) is 12.3. The fourth-order valence-electron chi connectivity index (χ4n) is 2.44. The predicted molar refractivity (Wildman–Crippen MR) is 91.3 cm³/mol. The summed E-state index contributed by atoms with van der Waals surface area (Å²) < 4.78 is 5.94. The zero-order chi connectivity index (χ0) is 15.7. The molecular formula is C19H22N2O. The topological polar surface area (TPSA) is 37.9 Å². The van der Waals surface area contributed by atoms with Crippen LogP contribution in [-0.2, 0) is 0 Å². The quantitative estimate of drug-likeness (QED) is 0.744. The summed E-state index contributed by atoms with van der Waals surface area (Å²) in [6.45, 7) is 9.23. The van der Waals surface area contributed by atoms with Gasteiger partial charge in [-0.3, -0.25) is 0 Å². The van der Waals surface area contributed by atoms with Crippen LogP contribution in [0.5, 0.6) is 5.75 Å². The molecule has 0 radical (unpaired) electrons. The first-order valence-corrected chi connectivity index (χ1v) is 7.74. The molecule has 1 aromatic heterocycles. The molecule has 0 aliphatic carbocycles. The first kappa shape index (κ1) is 14.6. The Morgan fingerprint density at radius 2 is 1.82 bits per heavy atom.